The molecule has 1 aromatic heterocycles. The predicted octanol–water partition coefficient (Wildman–Crippen LogP) is 3.22. The molecule has 2 rings (SSSR count). The van der Waals surface area contributed by atoms with E-state index in [2.05, 4.69) is 35.2 Å². The SMILES string of the molecule is CC(C)c1ccccc1Nc1cc(C#N)ncn1. The van der Waals surface area contributed by atoms with E-state index in [0.717, 1.165) is 5.69 Å². The van der Waals surface area contributed by atoms with E-state index >= 15 is 0 Å². The summed E-state index contributed by atoms with van der Waals surface area (Å²) in [6.45, 7) is 4.28. The minimum Gasteiger partial charge on any atom is -0.340 e. The van der Waals surface area contributed by atoms with E-state index in [1.165, 1.54) is 11.9 Å². The Labute approximate surface area is 106 Å². The minimum absolute atomic E-state index is 0.356. The summed E-state index contributed by atoms with van der Waals surface area (Å²) in [5, 5.41) is 12.0. The lowest BCUT2D eigenvalue weighted by molar-refractivity contribution is 0.869. The lowest BCUT2D eigenvalue weighted by Crippen LogP contribution is -2.00. The van der Waals surface area contributed by atoms with Gasteiger partial charge < -0.3 is 5.32 Å². The van der Waals surface area contributed by atoms with Gasteiger partial charge in [0.15, 0.2) is 0 Å². The molecule has 90 valence electrons. The maximum atomic E-state index is 8.80. The van der Waals surface area contributed by atoms with Crippen LogP contribution in [-0.2, 0) is 0 Å². The molecule has 0 spiro atoms. The van der Waals surface area contributed by atoms with Gasteiger partial charge in [0.2, 0.25) is 0 Å². The maximum Gasteiger partial charge on any atom is 0.145 e. The molecular weight excluding hydrogens is 224 g/mol. The predicted molar refractivity (Wildman–Crippen MR) is 70.6 cm³/mol. The molecule has 1 N–H and O–H groups in total. The molecule has 2 aromatic rings. The van der Waals surface area contributed by atoms with E-state index in [1.54, 1.807) is 6.07 Å². The van der Waals surface area contributed by atoms with E-state index < -0.39 is 0 Å². The second-order valence-electron chi connectivity index (χ2n) is 4.27. The Hall–Kier alpha value is -2.41. The molecule has 4 heteroatoms. The molecule has 0 saturated carbocycles. The van der Waals surface area contributed by atoms with Crippen LogP contribution in [0.2, 0.25) is 0 Å². The maximum absolute atomic E-state index is 8.80. The van der Waals surface area contributed by atoms with Crippen molar-refractivity contribution < 1.29 is 0 Å². The van der Waals surface area contributed by atoms with Crippen molar-refractivity contribution in [1.82, 2.24) is 9.97 Å². The first-order chi connectivity index (χ1) is 8.70. The van der Waals surface area contributed by atoms with Gasteiger partial charge in [0, 0.05) is 11.8 Å². The summed E-state index contributed by atoms with van der Waals surface area (Å²) in [6, 6.07) is 11.7. The van der Waals surface area contributed by atoms with Crippen molar-refractivity contribution in [3.8, 4) is 6.07 Å². The van der Waals surface area contributed by atoms with Gasteiger partial charge in [-0.25, -0.2) is 9.97 Å². The average molecular weight is 238 g/mol. The summed E-state index contributed by atoms with van der Waals surface area (Å²) in [6.07, 6.45) is 1.39. The second-order valence-corrected chi connectivity index (χ2v) is 4.27. The fourth-order valence-electron chi connectivity index (χ4n) is 1.74. The summed E-state index contributed by atoms with van der Waals surface area (Å²) in [5.74, 6) is 1.06. The molecule has 0 aliphatic heterocycles. The third kappa shape index (κ3) is 2.64. The molecule has 0 aliphatic carbocycles. The van der Waals surface area contributed by atoms with Gasteiger partial charge in [0.25, 0.3) is 0 Å². The van der Waals surface area contributed by atoms with Crippen molar-refractivity contribution in [2.75, 3.05) is 5.32 Å². The van der Waals surface area contributed by atoms with Crippen LogP contribution < -0.4 is 5.32 Å². The van der Waals surface area contributed by atoms with Gasteiger partial charge in [0.1, 0.15) is 23.9 Å². The summed E-state index contributed by atoms with van der Waals surface area (Å²) >= 11 is 0. The van der Waals surface area contributed by atoms with E-state index in [9.17, 15) is 0 Å². The Kier molecular flexibility index (Phi) is 3.54. The van der Waals surface area contributed by atoms with E-state index in [4.69, 9.17) is 5.26 Å². The third-order valence-corrected chi connectivity index (χ3v) is 2.63. The lowest BCUT2D eigenvalue weighted by Gasteiger charge is -2.13. The second kappa shape index (κ2) is 5.28. The summed E-state index contributed by atoms with van der Waals surface area (Å²) in [7, 11) is 0. The smallest absolute Gasteiger partial charge is 0.145 e. The number of aromatic nitrogens is 2. The highest BCUT2D eigenvalue weighted by Crippen LogP contribution is 2.25. The van der Waals surface area contributed by atoms with Crippen LogP contribution in [0.15, 0.2) is 36.7 Å². The van der Waals surface area contributed by atoms with Crippen molar-refractivity contribution in [2.24, 2.45) is 0 Å². The zero-order chi connectivity index (χ0) is 13.0. The molecule has 0 fully saturated rings. The Morgan fingerprint density at radius 3 is 2.72 bits per heavy atom. The highest BCUT2D eigenvalue weighted by Gasteiger charge is 2.06. The van der Waals surface area contributed by atoms with Crippen molar-refractivity contribution >= 4 is 11.5 Å². The first-order valence-electron chi connectivity index (χ1n) is 5.79. The topological polar surface area (TPSA) is 61.6 Å². The fraction of sp³-hybridized carbons (Fsp3) is 0.214. The molecule has 4 nitrogen and oxygen atoms in total. The van der Waals surface area contributed by atoms with Crippen LogP contribution in [0, 0.1) is 11.3 Å². The molecular formula is C14H14N4. The zero-order valence-electron chi connectivity index (χ0n) is 10.4. The Morgan fingerprint density at radius 2 is 2.00 bits per heavy atom. The molecule has 0 aliphatic rings. The number of rotatable bonds is 3. The quantitative estimate of drug-likeness (QED) is 0.891. The van der Waals surface area contributed by atoms with Gasteiger partial charge in [-0.2, -0.15) is 5.26 Å². The van der Waals surface area contributed by atoms with Crippen LogP contribution in [0.3, 0.4) is 0 Å². The normalized spacial score (nSPS) is 10.1. The Balaban J connectivity index is 2.31. The Bertz CT molecular complexity index is 584. The number of nitrogens with one attached hydrogen (secondary N) is 1. The van der Waals surface area contributed by atoms with Gasteiger partial charge in [0.05, 0.1) is 0 Å². The van der Waals surface area contributed by atoms with Gasteiger partial charge >= 0.3 is 0 Å². The highest BCUT2D eigenvalue weighted by atomic mass is 15.0. The first kappa shape index (κ1) is 12.1. The molecule has 0 atom stereocenters. The molecule has 1 aromatic carbocycles. The molecule has 0 radical (unpaired) electrons. The Morgan fingerprint density at radius 1 is 1.22 bits per heavy atom. The first-order valence-corrected chi connectivity index (χ1v) is 5.79. The van der Waals surface area contributed by atoms with Crippen LogP contribution in [0.5, 0.6) is 0 Å². The molecule has 0 amide bonds. The fourth-order valence-corrected chi connectivity index (χ4v) is 1.74. The van der Waals surface area contributed by atoms with E-state index in [-0.39, 0.29) is 0 Å². The largest absolute Gasteiger partial charge is 0.340 e. The lowest BCUT2D eigenvalue weighted by atomic mass is 10.0. The van der Waals surface area contributed by atoms with Gasteiger partial charge in [-0.3, -0.25) is 0 Å². The molecule has 0 bridgehead atoms. The number of anilines is 2. The van der Waals surface area contributed by atoms with Crippen molar-refractivity contribution in [3.05, 3.63) is 47.9 Å². The monoisotopic (exact) mass is 238 g/mol. The summed E-state index contributed by atoms with van der Waals surface area (Å²) in [5.41, 5.74) is 2.58. The highest BCUT2D eigenvalue weighted by molar-refractivity contribution is 5.61. The van der Waals surface area contributed by atoms with Gasteiger partial charge in [-0.05, 0) is 17.5 Å². The van der Waals surface area contributed by atoms with Gasteiger partial charge in [-0.1, -0.05) is 32.0 Å². The zero-order valence-corrected chi connectivity index (χ0v) is 10.4. The molecule has 1 heterocycles. The van der Waals surface area contributed by atoms with Crippen LogP contribution in [0.1, 0.15) is 31.0 Å². The summed E-state index contributed by atoms with van der Waals surface area (Å²) in [4.78, 5) is 7.95. The number of hydrogen-bond donors (Lipinski definition) is 1. The van der Waals surface area contributed by atoms with E-state index in [0.29, 0.717) is 17.4 Å². The van der Waals surface area contributed by atoms with Crippen molar-refractivity contribution in [2.45, 2.75) is 19.8 Å². The third-order valence-electron chi connectivity index (χ3n) is 2.63. The molecule has 0 unspecified atom stereocenters. The number of hydrogen-bond acceptors (Lipinski definition) is 4. The molecule has 0 saturated heterocycles. The number of nitriles is 1. The number of para-hydroxylation sites is 1. The number of benzene rings is 1. The van der Waals surface area contributed by atoms with E-state index in [1.807, 2.05) is 24.3 Å². The van der Waals surface area contributed by atoms with Gasteiger partial charge in [-0.15, -0.1) is 0 Å². The summed E-state index contributed by atoms with van der Waals surface area (Å²) < 4.78 is 0. The van der Waals surface area contributed by atoms with Crippen LogP contribution in [-0.4, -0.2) is 9.97 Å². The minimum atomic E-state index is 0.356. The average Bonchev–Trinajstić information content (AvgIpc) is 2.39. The standard InChI is InChI=1S/C14H14N4/c1-10(2)12-5-3-4-6-13(12)18-14-7-11(8-15)16-9-17-14/h3-7,9-10H,1-2H3,(H,16,17,18). The van der Waals surface area contributed by atoms with Crippen LogP contribution in [0.4, 0.5) is 11.5 Å². The number of nitrogens with zero attached hydrogens (tertiary/aromatic N) is 3. The van der Waals surface area contributed by atoms with Crippen LogP contribution in [0.25, 0.3) is 0 Å². The van der Waals surface area contributed by atoms with Crippen LogP contribution >= 0.6 is 0 Å². The van der Waals surface area contributed by atoms with Crippen molar-refractivity contribution in [3.63, 3.8) is 0 Å². The molecule has 18 heavy (non-hydrogen) atoms. The van der Waals surface area contributed by atoms with Crippen molar-refractivity contribution in [1.29, 1.82) is 5.26 Å².